The highest BCUT2D eigenvalue weighted by atomic mass is 35.5. The van der Waals surface area contributed by atoms with E-state index in [0.29, 0.717) is 19.0 Å². The van der Waals surface area contributed by atoms with E-state index in [1.165, 1.54) is 5.69 Å². The first-order chi connectivity index (χ1) is 14.5. The topological polar surface area (TPSA) is 68.9 Å². The summed E-state index contributed by atoms with van der Waals surface area (Å²) in [5.41, 5.74) is 3.19. The first kappa shape index (κ1) is 22.4. The van der Waals surface area contributed by atoms with E-state index < -0.39 is 0 Å². The molecule has 0 spiro atoms. The summed E-state index contributed by atoms with van der Waals surface area (Å²) in [6, 6.07) is 8.09. The summed E-state index contributed by atoms with van der Waals surface area (Å²) < 4.78 is 5.42. The van der Waals surface area contributed by atoms with E-state index in [1.54, 1.807) is 0 Å². The molecule has 1 aliphatic rings. The van der Waals surface area contributed by atoms with Gasteiger partial charge in [-0.3, -0.25) is 0 Å². The maximum atomic E-state index is 6.57. The lowest BCUT2D eigenvalue weighted by molar-refractivity contribution is 0.312. The van der Waals surface area contributed by atoms with Crippen LogP contribution in [0.3, 0.4) is 0 Å². The Balaban J connectivity index is 1.70. The van der Waals surface area contributed by atoms with Crippen LogP contribution >= 0.6 is 11.6 Å². The monoisotopic (exact) mass is 432 g/mol. The van der Waals surface area contributed by atoms with Gasteiger partial charge in [-0.1, -0.05) is 36.7 Å². The maximum absolute atomic E-state index is 6.57. The molecule has 0 radical (unpaired) electrons. The van der Waals surface area contributed by atoms with Crippen molar-refractivity contribution in [3.8, 4) is 0 Å². The van der Waals surface area contributed by atoms with E-state index >= 15 is 0 Å². The van der Waals surface area contributed by atoms with Crippen molar-refractivity contribution in [1.82, 2.24) is 20.7 Å². The molecule has 1 aromatic carbocycles. The molecule has 1 aliphatic heterocycles. The Bertz CT molecular complexity index is 842. The van der Waals surface area contributed by atoms with E-state index in [1.807, 2.05) is 25.1 Å². The number of benzene rings is 1. The third-order valence-corrected chi connectivity index (χ3v) is 5.63. The highest BCUT2D eigenvalue weighted by molar-refractivity contribution is 6.31. The molecule has 3 rings (SSSR count). The summed E-state index contributed by atoms with van der Waals surface area (Å²) in [5, 5.41) is 11.5. The second-order valence-electron chi connectivity index (χ2n) is 7.95. The molecule has 1 saturated heterocycles. The number of rotatable bonds is 7. The third kappa shape index (κ3) is 5.89. The Morgan fingerprint density at radius 3 is 2.67 bits per heavy atom. The largest absolute Gasteiger partial charge is 0.369 e. The van der Waals surface area contributed by atoms with Crippen LogP contribution < -0.4 is 15.5 Å². The molecule has 0 atom stereocenters. The summed E-state index contributed by atoms with van der Waals surface area (Å²) in [7, 11) is 2.16. The van der Waals surface area contributed by atoms with Crippen LogP contribution in [0.25, 0.3) is 0 Å². The van der Waals surface area contributed by atoms with Crippen molar-refractivity contribution in [2.45, 2.75) is 39.8 Å². The summed E-state index contributed by atoms with van der Waals surface area (Å²) in [6.45, 7) is 12.1. The fraction of sp³-hybridized carbons (Fsp3) is 0.545. The lowest BCUT2D eigenvalue weighted by Gasteiger charge is -2.35. The van der Waals surface area contributed by atoms with Gasteiger partial charge < -0.3 is 25.0 Å². The number of piperazine rings is 1. The molecule has 0 aliphatic carbocycles. The summed E-state index contributed by atoms with van der Waals surface area (Å²) in [5.74, 6) is 1.86. The summed E-state index contributed by atoms with van der Waals surface area (Å²) in [6.07, 6.45) is 0. The molecule has 2 aromatic rings. The number of guanidine groups is 1. The molecular formula is C22H33ClN6O. The second kappa shape index (κ2) is 10.7. The summed E-state index contributed by atoms with van der Waals surface area (Å²) in [4.78, 5) is 9.53. The van der Waals surface area contributed by atoms with Crippen LogP contribution in [0.5, 0.6) is 0 Å². The molecule has 1 fully saturated rings. The van der Waals surface area contributed by atoms with Crippen molar-refractivity contribution < 1.29 is 4.52 Å². The van der Waals surface area contributed by atoms with Crippen molar-refractivity contribution in [3.63, 3.8) is 0 Å². The molecular weight excluding hydrogens is 400 g/mol. The van der Waals surface area contributed by atoms with Crippen LogP contribution in [0.4, 0.5) is 5.69 Å². The van der Waals surface area contributed by atoms with Gasteiger partial charge in [0.05, 0.1) is 18.8 Å². The number of halogens is 1. The third-order valence-electron chi connectivity index (χ3n) is 5.28. The van der Waals surface area contributed by atoms with Crippen LogP contribution in [0, 0.1) is 0 Å². The van der Waals surface area contributed by atoms with E-state index in [0.717, 1.165) is 60.7 Å². The molecule has 0 bridgehead atoms. The number of hydrogen-bond acceptors (Lipinski definition) is 5. The van der Waals surface area contributed by atoms with Gasteiger partial charge in [0.15, 0.2) is 11.7 Å². The van der Waals surface area contributed by atoms with Crippen molar-refractivity contribution in [2.75, 3.05) is 44.7 Å². The standard InChI is InChI=1S/C22H33ClN6O/c1-5-24-22(25-14-17-13-20(16(2)3)27-30-17)26-15-18-19(23)7-6-8-21(18)29-11-9-28(4)10-12-29/h6-8,13,16H,5,9-12,14-15H2,1-4H3,(H2,24,25,26). The predicted molar refractivity (Wildman–Crippen MR) is 123 cm³/mol. The number of nitrogens with zero attached hydrogens (tertiary/aromatic N) is 4. The van der Waals surface area contributed by atoms with Gasteiger partial charge in [0, 0.05) is 55.1 Å². The Hall–Kier alpha value is -2.25. The fourth-order valence-corrected chi connectivity index (χ4v) is 3.63. The van der Waals surface area contributed by atoms with Crippen LogP contribution in [-0.4, -0.2) is 55.8 Å². The van der Waals surface area contributed by atoms with Crippen molar-refractivity contribution >= 4 is 23.2 Å². The van der Waals surface area contributed by atoms with Gasteiger partial charge >= 0.3 is 0 Å². The van der Waals surface area contributed by atoms with Crippen molar-refractivity contribution in [1.29, 1.82) is 0 Å². The number of likely N-dealkylation sites (N-methyl/N-ethyl adjacent to an activating group) is 1. The Morgan fingerprint density at radius 2 is 2.00 bits per heavy atom. The van der Waals surface area contributed by atoms with Crippen molar-refractivity contribution in [2.24, 2.45) is 4.99 Å². The van der Waals surface area contributed by atoms with Crippen LogP contribution in [-0.2, 0) is 13.1 Å². The molecule has 1 aromatic heterocycles. The SMILES string of the molecule is CCNC(=NCc1c(Cl)cccc1N1CCN(C)CC1)NCc1cc(C(C)C)no1. The minimum Gasteiger partial charge on any atom is -0.369 e. The molecule has 0 saturated carbocycles. The Kier molecular flexibility index (Phi) is 7.99. The normalized spacial score (nSPS) is 15.7. The predicted octanol–water partition coefficient (Wildman–Crippen LogP) is 3.46. The molecule has 0 unspecified atom stereocenters. The molecule has 7 nitrogen and oxygen atoms in total. The van der Waals surface area contributed by atoms with Crippen LogP contribution in [0.15, 0.2) is 33.8 Å². The minimum absolute atomic E-state index is 0.345. The van der Waals surface area contributed by atoms with Gasteiger partial charge in [-0.05, 0) is 32.0 Å². The highest BCUT2D eigenvalue weighted by Crippen LogP contribution is 2.29. The van der Waals surface area contributed by atoms with Gasteiger partial charge in [-0.2, -0.15) is 0 Å². The van der Waals surface area contributed by atoms with E-state index in [4.69, 9.17) is 21.1 Å². The van der Waals surface area contributed by atoms with E-state index in [9.17, 15) is 0 Å². The number of nitrogens with one attached hydrogen (secondary N) is 2. The molecule has 164 valence electrons. The van der Waals surface area contributed by atoms with Gasteiger partial charge in [-0.25, -0.2) is 4.99 Å². The van der Waals surface area contributed by atoms with E-state index in [-0.39, 0.29) is 0 Å². The molecule has 0 amide bonds. The molecule has 8 heteroatoms. The Morgan fingerprint density at radius 1 is 1.23 bits per heavy atom. The highest BCUT2D eigenvalue weighted by Gasteiger charge is 2.18. The van der Waals surface area contributed by atoms with Gasteiger partial charge in [-0.15, -0.1) is 0 Å². The fourth-order valence-electron chi connectivity index (χ4n) is 3.40. The summed E-state index contributed by atoms with van der Waals surface area (Å²) >= 11 is 6.57. The number of aromatic nitrogens is 1. The minimum atomic E-state index is 0.345. The van der Waals surface area contributed by atoms with Gasteiger partial charge in [0.2, 0.25) is 0 Å². The second-order valence-corrected chi connectivity index (χ2v) is 8.36. The van der Waals surface area contributed by atoms with Crippen LogP contribution in [0.2, 0.25) is 5.02 Å². The molecule has 2 N–H and O–H groups in total. The zero-order valence-electron chi connectivity index (χ0n) is 18.4. The Labute approximate surface area is 184 Å². The van der Waals surface area contributed by atoms with Crippen molar-refractivity contribution in [3.05, 3.63) is 46.3 Å². The first-order valence-electron chi connectivity index (χ1n) is 10.7. The van der Waals surface area contributed by atoms with E-state index in [2.05, 4.69) is 52.6 Å². The zero-order valence-corrected chi connectivity index (χ0v) is 19.2. The average Bonchev–Trinajstić information content (AvgIpc) is 3.21. The van der Waals surface area contributed by atoms with Gasteiger partial charge in [0.1, 0.15) is 0 Å². The quantitative estimate of drug-likeness (QED) is 0.515. The van der Waals surface area contributed by atoms with Gasteiger partial charge in [0.25, 0.3) is 0 Å². The number of aliphatic imine (C=N–C) groups is 1. The average molecular weight is 433 g/mol. The maximum Gasteiger partial charge on any atom is 0.191 e. The lowest BCUT2D eigenvalue weighted by atomic mass is 10.1. The zero-order chi connectivity index (χ0) is 21.5. The van der Waals surface area contributed by atoms with Crippen LogP contribution in [0.1, 0.15) is 43.7 Å². The smallest absolute Gasteiger partial charge is 0.191 e. The number of hydrogen-bond donors (Lipinski definition) is 2. The first-order valence-corrected chi connectivity index (χ1v) is 11.0. The molecule has 2 heterocycles. The molecule has 30 heavy (non-hydrogen) atoms. The number of anilines is 1. The lowest BCUT2D eigenvalue weighted by Crippen LogP contribution is -2.44.